The summed E-state index contributed by atoms with van der Waals surface area (Å²) >= 11 is 0. The van der Waals surface area contributed by atoms with Crippen LogP contribution in [0.1, 0.15) is 19.4 Å². The highest BCUT2D eigenvalue weighted by Gasteiger charge is 2.11. The summed E-state index contributed by atoms with van der Waals surface area (Å²) in [5.41, 5.74) is 4.55. The van der Waals surface area contributed by atoms with Crippen LogP contribution in [-0.4, -0.2) is 28.0 Å². The van der Waals surface area contributed by atoms with Gasteiger partial charge in [-0.3, -0.25) is 5.43 Å². The van der Waals surface area contributed by atoms with Gasteiger partial charge in [-0.25, -0.2) is 5.84 Å². The Morgan fingerprint density at radius 1 is 1.05 bits per heavy atom. The van der Waals surface area contributed by atoms with Crippen LogP contribution in [0.2, 0.25) is 0 Å². The van der Waals surface area contributed by atoms with Gasteiger partial charge in [-0.15, -0.1) is 0 Å². The smallest absolute Gasteiger partial charge is 0.243 e. The zero-order valence-electron chi connectivity index (χ0n) is 12.6. The molecule has 0 amide bonds. The molecule has 7 heteroatoms. The van der Waals surface area contributed by atoms with Gasteiger partial charge in [0.25, 0.3) is 0 Å². The molecule has 0 fully saturated rings. The van der Waals surface area contributed by atoms with Crippen molar-refractivity contribution in [2.24, 2.45) is 5.84 Å². The third kappa shape index (κ3) is 3.57. The largest absolute Gasteiger partial charge is 0.341 e. The minimum absolute atomic E-state index is 0.336. The summed E-state index contributed by atoms with van der Waals surface area (Å²) in [7, 11) is 0. The van der Waals surface area contributed by atoms with Gasteiger partial charge in [-0.2, -0.15) is 15.0 Å². The molecule has 112 valence electrons. The Kier molecular flexibility index (Phi) is 4.89. The first-order valence-electron chi connectivity index (χ1n) is 6.98. The van der Waals surface area contributed by atoms with E-state index in [0.717, 1.165) is 24.3 Å². The van der Waals surface area contributed by atoms with Crippen molar-refractivity contribution < 1.29 is 0 Å². The van der Waals surface area contributed by atoms with E-state index >= 15 is 0 Å². The average molecular weight is 287 g/mol. The van der Waals surface area contributed by atoms with Crippen molar-refractivity contribution in [1.82, 2.24) is 15.0 Å². The van der Waals surface area contributed by atoms with Crippen molar-refractivity contribution in [1.29, 1.82) is 0 Å². The van der Waals surface area contributed by atoms with Gasteiger partial charge >= 0.3 is 0 Å². The summed E-state index contributed by atoms with van der Waals surface area (Å²) in [4.78, 5) is 15.0. The van der Waals surface area contributed by atoms with Crippen LogP contribution in [0.15, 0.2) is 24.3 Å². The topological polar surface area (TPSA) is 92.0 Å². The number of hydrazine groups is 1. The number of nitrogens with one attached hydrogen (secondary N) is 2. The average Bonchev–Trinajstić information content (AvgIpc) is 2.50. The monoisotopic (exact) mass is 287 g/mol. The molecule has 0 bridgehead atoms. The number of nitrogens with two attached hydrogens (primary N) is 1. The molecule has 0 aliphatic rings. The van der Waals surface area contributed by atoms with Crippen LogP contribution < -0.4 is 21.5 Å². The van der Waals surface area contributed by atoms with E-state index in [9.17, 15) is 0 Å². The van der Waals surface area contributed by atoms with Crippen molar-refractivity contribution in [3.8, 4) is 0 Å². The maximum Gasteiger partial charge on any atom is 0.243 e. The molecular weight excluding hydrogens is 266 g/mol. The number of aromatic nitrogens is 3. The van der Waals surface area contributed by atoms with E-state index in [1.54, 1.807) is 0 Å². The molecule has 7 nitrogen and oxygen atoms in total. The number of nitrogen functional groups attached to an aromatic ring is 1. The predicted molar refractivity (Wildman–Crippen MR) is 85.7 cm³/mol. The van der Waals surface area contributed by atoms with Gasteiger partial charge in [0.1, 0.15) is 0 Å². The van der Waals surface area contributed by atoms with E-state index < -0.39 is 0 Å². The van der Waals surface area contributed by atoms with Crippen LogP contribution >= 0.6 is 0 Å². The summed E-state index contributed by atoms with van der Waals surface area (Å²) in [6.45, 7) is 7.76. The van der Waals surface area contributed by atoms with E-state index in [4.69, 9.17) is 5.84 Å². The molecule has 1 aromatic heterocycles. The highest BCUT2D eigenvalue weighted by atomic mass is 15.4. The molecule has 1 aromatic carbocycles. The van der Waals surface area contributed by atoms with Crippen LogP contribution in [0, 0.1) is 6.92 Å². The molecule has 0 aliphatic heterocycles. The molecular formula is C14H21N7. The zero-order chi connectivity index (χ0) is 15.2. The molecule has 0 saturated heterocycles. The minimum atomic E-state index is 0.336. The molecule has 0 aliphatic carbocycles. The molecule has 2 aromatic rings. The van der Waals surface area contributed by atoms with Crippen LogP contribution in [0.25, 0.3) is 0 Å². The predicted octanol–water partition coefficient (Wildman–Crippen LogP) is 2.06. The number of anilines is 4. The maximum atomic E-state index is 5.44. The highest BCUT2D eigenvalue weighted by molar-refractivity contribution is 5.59. The molecule has 0 unspecified atom stereocenters. The van der Waals surface area contributed by atoms with E-state index in [0.29, 0.717) is 17.8 Å². The fourth-order valence-corrected chi connectivity index (χ4v) is 1.97. The second-order valence-corrected chi connectivity index (χ2v) is 4.54. The summed E-state index contributed by atoms with van der Waals surface area (Å²) in [6, 6.07) is 7.95. The highest BCUT2D eigenvalue weighted by Crippen LogP contribution is 2.20. The Morgan fingerprint density at radius 2 is 1.71 bits per heavy atom. The molecule has 0 saturated carbocycles. The molecule has 21 heavy (non-hydrogen) atoms. The van der Waals surface area contributed by atoms with E-state index in [1.807, 2.05) is 36.1 Å². The number of aryl methyl sites for hydroxylation is 1. The Labute approximate surface area is 124 Å². The maximum absolute atomic E-state index is 5.44. The third-order valence-corrected chi connectivity index (χ3v) is 3.19. The standard InChI is InChI=1S/C14H21N7/c1-4-21(5-2)14-18-12(17-13(19-14)20-15)16-11-9-7-6-8-10(11)3/h6-9H,4-5,15H2,1-3H3,(H2,16,17,18,19,20). The number of nitrogens with zero attached hydrogens (tertiary/aromatic N) is 4. The van der Waals surface area contributed by atoms with Gasteiger partial charge in [0.05, 0.1) is 0 Å². The summed E-state index contributed by atoms with van der Waals surface area (Å²) in [5.74, 6) is 6.84. The normalized spacial score (nSPS) is 10.3. The number of rotatable bonds is 6. The first kappa shape index (κ1) is 15.0. The molecule has 1 heterocycles. The van der Waals surface area contributed by atoms with Gasteiger partial charge in [-0.05, 0) is 32.4 Å². The fraction of sp³-hybridized carbons (Fsp3) is 0.357. The van der Waals surface area contributed by atoms with Crippen molar-refractivity contribution >= 4 is 23.5 Å². The third-order valence-electron chi connectivity index (χ3n) is 3.19. The fourth-order valence-electron chi connectivity index (χ4n) is 1.97. The lowest BCUT2D eigenvalue weighted by atomic mass is 10.2. The van der Waals surface area contributed by atoms with Crippen LogP contribution in [0.4, 0.5) is 23.5 Å². The van der Waals surface area contributed by atoms with Crippen LogP contribution in [-0.2, 0) is 0 Å². The van der Waals surface area contributed by atoms with Crippen LogP contribution in [0.3, 0.4) is 0 Å². The van der Waals surface area contributed by atoms with Gasteiger partial charge in [0.15, 0.2) is 0 Å². The Hall–Kier alpha value is -2.41. The van der Waals surface area contributed by atoms with Gasteiger partial charge < -0.3 is 10.2 Å². The summed E-state index contributed by atoms with van der Waals surface area (Å²) in [6.07, 6.45) is 0. The molecule has 0 spiro atoms. The molecule has 0 atom stereocenters. The molecule has 4 N–H and O–H groups in total. The van der Waals surface area contributed by atoms with Gasteiger partial charge in [-0.1, -0.05) is 18.2 Å². The van der Waals surface area contributed by atoms with E-state index in [-0.39, 0.29) is 0 Å². The zero-order valence-corrected chi connectivity index (χ0v) is 12.6. The number of hydrogen-bond acceptors (Lipinski definition) is 7. The molecule has 2 rings (SSSR count). The van der Waals surface area contributed by atoms with Crippen molar-refractivity contribution in [3.05, 3.63) is 29.8 Å². The summed E-state index contributed by atoms with van der Waals surface area (Å²) < 4.78 is 0. The van der Waals surface area contributed by atoms with Gasteiger partial charge in [0, 0.05) is 18.8 Å². The molecule has 0 radical (unpaired) electrons. The SMILES string of the molecule is CCN(CC)c1nc(NN)nc(Nc2ccccc2C)n1. The first-order valence-corrected chi connectivity index (χ1v) is 6.98. The quantitative estimate of drug-likeness (QED) is 0.553. The summed E-state index contributed by atoms with van der Waals surface area (Å²) in [5, 5.41) is 3.21. The van der Waals surface area contributed by atoms with Gasteiger partial charge in [0.2, 0.25) is 17.8 Å². The first-order chi connectivity index (χ1) is 10.2. The van der Waals surface area contributed by atoms with E-state index in [2.05, 4.69) is 39.5 Å². The second-order valence-electron chi connectivity index (χ2n) is 4.54. The number of hydrogen-bond donors (Lipinski definition) is 3. The van der Waals surface area contributed by atoms with Crippen molar-refractivity contribution in [2.75, 3.05) is 28.7 Å². The Balaban J connectivity index is 2.35. The number of benzene rings is 1. The lowest BCUT2D eigenvalue weighted by Crippen LogP contribution is -2.26. The Bertz CT molecular complexity index is 596. The minimum Gasteiger partial charge on any atom is -0.341 e. The second kappa shape index (κ2) is 6.85. The Morgan fingerprint density at radius 3 is 2.33 bits per heavy atom. The van der Waals surface area contributed by atoms with Crippen LogP contribution in [0.5, 0.6) is 0 Å². The van der Waals surface area contributed by atoms with Crippen molar-refractivity contribution in [3.63, 3.8) is 0 Å². The number of para-hydroxylation sites is 1. The lowest BCUT2D eigenvalue weighted by molar-refractivity contribution is 0.814. The van der Waals surface area contributed by atoms with Crippen molar-refractivity contribution in [2.45, 2.75) is 20.8 Å². The van der Waals surface area contributed by atoms with E-state index in [1.165, 1.54) is 0 Å². The lowest BCUT2D eigenvalue weighted by Gasteiger charge is -2.19.